The van der Waals surface area contributed by atoms with E-state index in [0.29, 0.717) is 22.7 Å². The lowest BCUT2D eigenvalue weighted by Crippen LogP contribution is -2.40. The van der Waals surface area contributed by atoms with E-state index in [0.717, 1.165) is 16.8 Å². The molecule has 5 aromatic rings. The van der Waals surface area contributed by atoms with E-state index in [1.807, 2.05) is 0 Å². The Hall–Kier alpha value is -5.08. The van der Waals surface area contributed by atoms with Crippen molar-refractivity contribution in [1.82, 2.24) is 33.8 Å². The van der Waals surface area contributed by atoms with Gasteiger partial charge in [-0.25, -0.2) is 14.8 Å². The van der Waals surface area contributed by atoms with E-state index in [-0.39, 0.29) is 30.1 Å². The van der Waals surface area contributed by atoms with Crippen LogP contribution in [0.3, 0.4) is 0 Å². The Kier molecular flexibility index (Phi) is 6.33. The molecule has 5 rings (SSSR count). The largest absolute Gasteiger partial charge is 0.433 e. The molecule has 1 amide bonds. The summed E-state index contributed by atoms with van der Waals surface area (Å²) in [5, 5.41) is 6.42. The molecule has 200 valence electrons. The van der Waals surface area contributed by atoms with Gasteiger partial charge in [0, 0.05) is 24.9 Å². The van der Waals surface area contributed by atoms with Crippen LogP contribution in [-0.2, 0) is 31.1 Å². The van der Waals surface area contributed by atoms with Gasteiger partial charge in [0.25, 0.3) is 5.56 Å². The number of nitrogens with zero attached hydrogens (tertiary/aromatic N) is 7. The monoisotopic (exact) mass is 540 g/mol. The molecule has 0 atom stereocenters. The van der Waals surface area contributed by atoms with Gasteiger partial charge in [0.1, 0.15) is 29.5 Å². The van der Waals surface area contributed by atoms with Gasteiger partial charge >= 0.3 is 11.9 Å². The predicted octanol–water partition coefficient (Wildman–Crippen LogP) is 2.36. The van der Waals surface area contributed by atoms with Gasteiger partial charge in [-0.3, -0.25) is 23.7 Å². The van der Waals surface area contributed by atoms with E-state index in [9.17, 15) is 27.6 Å². The third kappa shape index (κ3) is 5.05. The van der Waals surface area contributed by atoms with Crippen LogP contribution < -0.4 is 16.6 Å². The summed E-state index contributed by atoms with van der Waals surface area (Å²) in [5.74, 6) is 0.0920. The predicted molar refractivity (Wildman–Crippen MR) is 131 cm³/mol. The van der Waals surface area contributed by atoms with Crippen LogP contribution >= 0.6 is 0 Å². The molecule has 0 aliphatic rings. The highest BCUT2D eigenvalue weighted by molar-refractivity contribution is 5.90. The van der Waals surface area contributed by atoms with Crippen LogP contribution in [0, 0.1) is 6.92 Å². The van der Waals surface area contributed by atoms with Gasteiger partial charge in [-0.2, -0.15) is 13.2 Å². The standard InChI is InChI=1S/C24H19F3N8O4/c1-13-8-15(32-39-13)10-35-22(37)20-21(33(2)23(35)38)29-12-34(20)11-19(36)31-18-5-3-4-16(30-18)14-6-7-17(28-9-14)24(25,26)27/h3-9,12H,10-11H2,1-2H3,(H,30,31,36). The van der Waals surface area contributed by atoms with Gasteiger partial charge < -0.3 is 14.4 Å². The number of rotatable bonds is 6. The minimum Gasteiger partial charge on any atom is -0.361 e. The second kappa shape index (κ2) is 9.66. The van der Waals surface area contributed by atoms with E-state index < -0.39 is 29.0 Å². The van der Waals surface area contributed by atoms with E-state index in [1.165, 1.54) is 34.6 Å². The van der Waals surface area contributed by atoms with Crippen molar-refractivity contribution in [3.63, 3.8) is 0 Å². The zero-order valence-electron chi connectivity index (χ0n) is 20.4. The number of aromatic nitrogens is 7. The van der Waals surface area contributed by atoms with Crippen molar-refractivity contribution in [2.24, 2.45) is 7.05 Å². The molecule has 0 saturated carbocycles. The summed E-state index contributed by atoms with van der Waals surface area (Å²) in [7, 11) is 1.46. The van der Waals surface area contributed by atoms with Gasteiger partial charge in [0.05, 0.1) is 18.6 Å². The van der Waals surface area contributed by atoms with Crippen LogP contribution in [0.15, 0.2) is 63.0 Å². The lowest BCUT2D eigenvalue weighted by molar-refractivity contribution is -0.141. The molecular weight excluding hydrogens is 521 g/mol. The van der Waals surface area contributed by atoms with Crippen LogP contribution in [0.1, 0.15) is 17.1 Å². The molecule has 12 nitrogen and oxygen atoms in total. The Labute approximate surface area is 216 Å². The quantitative estimate of drug-likeness (QED) is 0.346. The molecule has 0 radical (unpaired) electrons. The van der Waals surface area contributed by atoms with E-state index in [4.69, 9.17) is 4.52 Å². The number of imidazole rings is 1. The third-order valence-corrected chi connectivity index (χ3v) is 5.78. The fraction of sp³-hybridized carbons (Fsp3) is 0.208. The van der Waals surface area contributed by atoms with Crippen molar-refractivity contribution in [2.75, 3.05) is 5.32 Å². The van der Waals surface area contributed by atoms with Crippen molar-refractivity contribution in [1.29, 1.82) is 0 Å². The molecule has 0 bridgehead atoms. The highest BCUT2D eigenvalue weighted by Gasteiger charge is 2.32. The van der Waals surface area contributed by atoms with Gasteiger partial charge in [-0.1, -0.05) is 11.2 Å². The summed E-state index contributed by atoms with van der Waals surface area (Å²) in [4.78, 5) is 50.7. The molecule has 39 heavy (non-hydrogen) atoms. The summed E-state index contributed by atoms with van der Waals surface area (Å²) >= 11 is 0. The van der Waals surface area contributed by atoms with Crippen molar-refractivity contribution < 1.29 is 22.5 Å². The van der Waals surface area contributed by atoms with E-state index in [2.05, 4.69) is 25.4 Å². The normalized spacial score (nSPS) is 11.7. The summed E-state index contributed by atoms with van der Waals surface area (Å²) in [5.41, 5.74) is -1.17. The average Bonchev–Trinajstić information content (AvgIpc) is 3.51. The minimum atomic E-state index is -4.57. The summed E-state index contributed by atoms with van der Waals surface area (Å²) in [6.45, 7) is 1.21. The van der Waals surface area contributed by atoms with Gasteiger partial charge in [0.2, 0.25) is 5.91 Å². The molecule has 0 aliphatic heterocycles. The fourth-order valence-corrected chi connectivity index (χ4v) is 3.95. The number of pyridine rings is 2. The number of amides is 1. The first-order valence-electron chi connectivity index (χ1n) is 11.4. The van der Waals surface area contributed by atoms with Crippen LogP contribution in [0.25, 0.3) is 22.4 Å². The molecule has 1 N–H and O–H groups in total. The van der Waals surface area contributed by atoms with Crippen LogP contribution in [0.4, 0.5) is 19.0 Å². The summed E-state index contributed by atoms with van der Waals surface area (Å²) in [6.07, 6.45) is -2.25. The van der Waals surface area contributed by atoms with Gasteiger partial charge in [0.15, 0.2) is 11.2 Å². The molecule has 0 unspecified atom stereocenters. The third-order valence-electron chi connectivity index (χ3n) is 5.78. The molecule has 15 heteroatoms. The van der Waals surface area contributed by atoms with Gasteiger partial charge in [-0.15, -0.1) is 0 Å². The Morgan fingerprint density at radius 3 is 2.59 bits per heavy atom. The number of fused-ring (bicyclic) bond motifs is 1. The molecule has 5 heterocycles. The smallest absolute Gasteiger partial charge is 0.361 e. The number of halogens is 3. The molecule has 0 aromatic carbocycles. The molecule has 5 aromatic heterocycles. The highest BCUT2D eigenvalue weighted by Crippen LogP contribution is 2.28. The zero-order valence-corrected chi connectivity index (χ0v) is 20.4. The van der Waals surface area contributed by atoms with E-state index in [1.54, 1.807) is 25.1 Å². The Balaban J connectivity index is 1.39. The second-order valence-electron chi connectivity index (χ2n) is 8.59. The maximum atomic E-state index is 13.2. The second-order valence-corrected chi connectivity index (χ2v) is 8.59. The number of anilines is 1. The molecule has 0 fully saturated rings. The SMILES string of the molecule is Cc1cc(Cn2c(=O)c3c(ncn3CC(=O)Nc3cccc(-c4ccc(C(F)(F)F)nc4)n3)n(C)c2=O)no1. The molecular formula is C24H19F3N8O4. The topological polar surface area (TPSA) is 143 Å². The lowest BCUT2D eigenvalue weighted by Gasteiger charge is -2.10. The zero-order chi connectivity index (χ0) is 27.9. The molecule has 0 saturated heterocycles. The van der Waals surface area contributed by atoms with E-state index >= 15 is 0 Å². The minimum absolute atomic E-state index is 0.0324. The Morgan fingerprint density at radius 2 is 1.92 bits per heavy atom. The number of carbonyl (C=O) groups is 1. The van der Waals surface area contributed by atoms with Crippen molar-refractivity contribution >= 4 is 22.9 Å². The number of nitrogens with one attached hydrogen (secondary N) is 1. The number of hydrogen-bond acceptors (Lipinski definition) is 8. The maximum absolute atomic E-state index is 13.2. The molecule has 0 aliphatic carbocycles. The number of carbonyl (C=O) groups excluding carboxylic acids is 1. The van der Waals surface area contributed by atoms with Crippen LogP contribution in [0.2, 0.25) is 0 Å². The van der Waals surface area contributed by atoms with Crippen LogP contribution in [-0.4, -0.2) is 39.7 Å². The first kappa shape index (κ1) is 25.6. The number of aryl methyl sites for hydroxylation is 2. The number of hydrogen-bond donors (Lipinski definition) is 1. The van der Waals surface area contributed by atoms with Crippen LogP contribution in [0.5, 0.6) is 0 Å². The van der Waals surface area contributed by atoms with Crippen molar-refractivity contribution in [3.05, 3.63) is 86.9 Å². The summed E-state index contributed by atoms with van der Waals surface area (Å²) < 4.78 is 46.9. The molecule has 0 spiro atoms. The Bertz CT molecular complexity index is 1820. The van der Waals surface area contributed by atoms with Crippen molar-refractivity contribution in [2.45, 2.75) is 26.2 Å². The average molecular weight is 540 g/mol. The first-order chi connectivity index (χ1) is 18.5. The fourth-order valence-electron chi connectivity index (χ4n) is 3.95. The maximum Gasteiger partial charge on any atom is 0.433 e. The Morgan fingerprint density at radius 1 is 1.13 bits per heavy atom. The van der Waals surface area contributed by atoms with Crippen molar-refractivity contribution in [3.8, 4) is 11.3 Å². The number of alkyl halides is 3. The first-order valence-corrected chi connectivity index (χ1v) is 11.4. The van der Waals surface area contributed by atoms with Gasteiger partial charge in [-0.05, 0) is 31.2 Å². The highest BCUT2D eigenvalue weighted by atomic mass is 19.4. The summed E-state index contributed by atoms with van der Waals surface area (Å²) in [6, 6.07) is 8.31. The lowest BCUT2D eigenvalue weighted by atomic mass is 10.2.